The number of methoxy groups -OCH3 is 4. The largest absolute Gasteiger partial charge is 0.497 e. The molecule has 0 bridgehead atoms. The predicted molar refractivity (Wildman–Crippen MR) is 129 cm³/mol. The second-order valence-electron chi connectivity index (χ2n) is 8.92. The van der Waals surface area contributed by atoms with Crippen LogP contribution in [0.1, 0.15) is 22.6 Å². The first kappa shape index (κ1) is 24.0. The highest BCUT2D eigenvalue weighted by Crippen LogP contribution is 2.70. The fourth-order valence-corrected chi connectivity index (χ4v) is 5.90. The molecule has 1 heterocycles. The van der Waals surface area contributed by atoms with Gasteiger partial charge in [0.1, 0.15) is 29.1 Å². The maximum absolute atomic E-state index is 13.2. The number of aliphatic hydroxyl groups excluding tert-OH is 1. The van der Waals surface area contributed by atoms with E-state index in [1.165, 1.54) is 21.3 Å². The minimum atomic E-state index is -2.09. The summed E-state index contributed by atoms with van der Waals surface area (Å²) in [4.78, 5) is 13.2. The number of benzene rings is 3. The number of carbonyl (C=O) groups is 1. The Balaban J connectivity index is 1.88. The van der Waals surface area contributed by atoms with Crippen molar-refractivity contribution in [3.8, 4) is 23.0 Å². The van der Waals surface area contributed by atoms with Crippen molar-refractivity contribution in [2.75, 3.05) is 28.4 Å². The average Bonchev–Trinajstić information content (AvgIpc) is 3.30. The first-order valence-corrected chi connectivity index (χ1v) is 11.5. The zero-order valence-electron chi connectivity index (χ0n) is 20.4. The molecule has 0 saturated heterocycles. The molecule has 0 unspecified atom stereocenters. The Morgan fingerprint density at radius 3 is 2.14 bits per heavy atom. The fourth-order valence-electron chi connectivity index (χ4n) is 5.90. The second kappa shape index (κ2) is 8.72. The van der Waals surface area contributed by atoms with Crippen LogP contribution >= 0.6 is 0 Å². The van der Waals surface area contributed by atoms with Crippen molar-refractivity contribution < 1.29 is 38.7 Å². The lowest BCUT2D eigenvalue weighted by Gasteiger charge is -2.40. The van der Waals surface area contributed by atoms with Crippen molar-refractivity contribution in [3.05, 3.63) is 83.4 Å². The van der Waals surface area contributed by atoms with Gasteiger partial charge >= 0.3 is 5.97 Å². The number of carbonyl (C=O) groups excluding carboxylic acids is 1. The highest BCUT2D eigenvalue weighted by Gasteiger charge is 2.78. The van der Waals surface area contributed by atoms with E-state index in [0.29, 0.717) is 22.6 Å². The summed E-state index contributed by atoms with van der Waals surface area (Å²) in [5.74, 6) is -1.04. The molecule has 188 valence electrons. The van der Waals surface area contributed by atoms with Gasteiger partial charge in [0.05, 0.1) is 39.9 Å². The molecule has 3 aromatic rings. The van der Waals surface area contributed by atoms with Gasteiger partial charge in [0.15, 0.2) is 11.2 Å². The molecule has 0 radical (unpaired) electrons. The van der Waals surface area contributed by atoms with Crippen LogP contribution in [0, 0.1) is 5.92 Å². The Morgan fingerprint density at radius 1 is 0.889 bits per heavy atom. The second-order valence-corrected chi connectivity index (χ2v) is 8.92. The Bertz CT molecular complexity index is 1270. The molecule has 36 heavy (non-hydrogen) atoms. The van der Waals surface area contributed by atoms with Crippen LogP contribution < -0.4 is 18.9 Å². The van der Waals surface area contributed by atoms with Gasteiger partial charge in [0.2, 0.25) is 0 Å². The number of hydrogen-bond acceptors (Lipinski definition) is 8. The summed E-state index contributed by atoms with van der Waals surface area (Å²) in [6, 6.07) is 19.5. The summed E-state index contributed by atoms with van der Waals surface area (Å²) in [6.07, 6.45) is -1.60. The van der Waals surface area contributed by atoms with Crippen LogP contribution in [0.15, 0.2) is 66.7 Å². The number of fused-ring (bicyclic) bond motifs is 3. The number of rotatable bonds is 6. The zero-order chi connectivity index (χ0) is 25.7. The molecule has 1 aliphatic heterocycles. The van der Waals surface area contributed by atoms with E-state index in [4.69, 9.17) is 23.7 Å². The molecule has 8 nitrogen and oxygen atoms in total. The average molecular weight is 493 g/mol. The third-order valence-corrected chi connectivity index (χ3v) is 7.43. The van der Waals surface area contributed by atoms with E-state index >= 15 is 0 Å². The summed E-state index contributed by atoms with van der Waals surface area (Å²) < 4.78 is 28.2. The zero-order valence-corrected chi connectivity index (χ0v) is 20.4. The van der Waals surface area contributed by atoms with Gasteiger partial charge in [-0.3, -0.25) is 4.79 Å². The molecule has 1 saturated carbocycles. The summed E-state index contributed by atoms with van der Waals surface area (Å²) in [6.45, 7) is 0. The van der Waals surface area contributed by atoms with Gasteiger partial charge in [0.25, 0.3) is 0 Å². The first-order chi connectivity index (χ1) is 17.4. The van der Waals surface area contributed by atoms with Crippen LogP contribution in [-0.2, 0) is 20.7 Å². The normalized spacial score (nSPS) is 28.0. The molecular formula is C28H28O8. The van der Waals surface area contributed by atoms with Crippen molar-refractivity contribution in [1.29, 1.82) is 0 Å². The third kappa shape index (κ3) is 3.04. The molecule has 1 aliphatic carbocycles. The van der Waals surface area contributed by atoms with Gasteiger partial charge in [-0.2, -0.15) is 0 Å². The van der Waals surface area contributed by atoms with Crippen molar-refractivity contribution in [2.45, 2.75) is 23.2 Å². The van der Waals surface area contributed by atoms with Gasteiger partial charge < -0.3 is 33.9 Å². The van der Waals surface area contributed by atoms with E-state index in [-0.39, 0.29) is 17.1 Å². The lowest BCUT2D eigenvalue weighted by Crippen LogP contribution is -2.52. The first-order valence-electron chi connectivity index (χ1n) is 11.5. The Labute approximate surface area is 209 Å². The summed E-state index contributed by atoms with van der Waals surface area (Å²) in [5, 5.41) is 24.5. The van der Waals surface area contributed by atoms with Crippen molar-refractivity contribution in [3.63, 3.8) is 0 Å². The minimum Gasteiger partial charge on any atom is -0.497 e. The molecule has 0 amide bonds. The maximum atomic E-state index is 13.2. The highest BCUT2D eigenvalue weighted by atomic mass is 16.6. The van der Waals surface area contributed by atoms with Gasteiger partial charge in [-0.1, -0.05) is 42.5 Å². The maximum Gasteiger partial charge on any atom is 0.312 e. The van der Waals surface area contributed by atoms with Crippen LogP contribution in [0.4, 0.5) is 0 Å². The van der Waals surface area contributed by atoms with E-state index in [9.17, 15) is 15.0 Å². The summed E-state index contributed by atoms with van der Waals surface area (Å²) in [5.41, 5.74) is -2.24. The molecule has 0 spiro atoms. The van der Waals surface area contributed by atoms with E-state index in [2.05, 4.69) is 0 Å². The van der Waals surface area contributed by atoms with Crippen molar-refractivity contribution >= 4 is 5.97 Å². The number of aliphatic hydroxyl groups is 2. The Kier molecular flexibility index (Phi) is 5.81. The van der Waals surface area contributed by atoms with Crippen LogP contribution in [0.2, 0.25) is 0 Å². The van der Waals surface area contributed by atoms with Crippen LogP contribution in [0.5, 0.6) is 23.0 Å². The molecule has 8 heteroatoms. The highest BCUT2D eigenvalue weighted by molar-refractivity contribution is 5.78. The van der Waals surface area contributed by atoms with Gasteiger partial charge in [0, 0.05) is 18.1 Å². The van der Waals surface area contributed by atoms with Crippen LogP contribution in [0.3, 0.4) is 0 Å². The fraction of sp³-hybridized carbons (Fsp3) is 0.321. The number of ether oxygens (including phenoxy) is 5. The molecular weight excluding hydrogens is 464 g/mol. The van der Waals surface area contributed by atoms with Crippen LogP contribution in [0.25, 0.3) is 0 Å². The SMILES string of the molecule is COC(=O)[C@@H]1[C@H](O)[C@]2(O)c3c(OC)cc(OC)cc3O[C@]2(c2ccc(OC)cc2)[C@H]1c1ccccc1. The molecule has 2 N–H and O–H groups in total. The van der Waals surface area contributed by atoms with E-state index in [1.807, 2.05) is 30.3 Å². The van der Waals surface area contributed by atoms with Crippen molar-refractivity contribution in [2.24, 2.45) is 5.92 Å². The standard InChI is InChI=1S/C28H28O8/c1-32-18-12-10-17(11-13-18)28-23(16-8-6-5-7-9-16)22(26(30)35-4)25(29)27(28,31)24-20(34-3)14-19(33-2)15-21(24)36-28/h5-15,22-23,25,29,31H,1-4H3/t22-,23-,25-,27+,28+/m0/s1. The molecule has 5 rings (SSSR count). The predicted octanol–water partition coefficient (Wildman–Crippen LogP) is 3.14. The Hall–Kier alpha value is -3.75. The van der Waals surface area contributed by atoms with Crippen molar-refractivity contribution in [1.82, 2.24) is 0 Å². The minimum absolute atomic E-state index is 0.237. The number of hydrogen-bond donors (Lipinski definition) is 2. The van der Waals surface area contributed by atoms with Gasteiger partial charge in [-0.05, 0) is 23.3 Å². The molecule has 0 aromatic heterocycles. The molecule has 1 fully saturated rings. The molecule has 2 aliphatic rings. The Morgan fingerprint density at radius 2 is 1.56 bits per heavy atom. The molecule has 5 atom stereocenters. The van der Waals surface area contributed by atoms with Gasteiger partial charge in [-0.25, -0.2) is 0 Å². The van der Waals surface area contributed by atoms with E-state index in [1.54, 1.807) is 43.5 Å². The van der Waals surface area contributed by atoms with Gasteiger partial charge in [-0.15, -0.1) is 0 Å². The summed E-state index contributed by atoms with van der Waals surface area (Å²) in [7, 11) is 5.79. The van der Waals surface area contributed by atoms with E-state index in [0.717, 1.165) is 0 Å². The summed E-state index contributed by atoms with van der Waals surface area (Å²) >= 11 is 0. The smallest absolute Gasteiger partial charge is 0.312 e. The lowest BCUT2D eigenvalue weighted by molar-refractivity contribution is -0.161. The lowest BCUT2D eigenvalue weighted by atomic mass is 9.70. The topological polar surface area (TPSA) is 104 Å². The van der Waals surface area contributed by atoms with E-state index < -0.39 is 35.1 Å². The monoisotopic (exact) mass is 492 g/mol. The quantitative estimate of drug-likeness (QED) is 0.506. The van der Waals surface area contributed by atoms with Crippen LogP contribution in [-0.4, -0.2) is 50.7 Å². The molecule has 3 aromatic carbocycles. The number of esters is 1. The third-order valence-electron chi connectivity index (χ3n) is 7.43.